The van der Waals surface area contributed by atoms with Crippen molar-refractivity contribution in [2.45, 2.75) is 17.6 Å². The maximum Gasteiger partial charge on any atom is 0.265 e. The minimum Gasteiger partial charge on any atom is -0.385 e. The van der Waals surface area contributed by atoms with Crippen molar-refractivity contribution in [2.75, 3.05) is 17.6 Å². The summed E-state index contributed by atoms with van der Waals surface area (Å²) in [5.74, 6) is -1.01. The highest BCUT2D eigenvalue weighted by molar-refractivity contribution is 7.94. The molecule has 170 valence electrons. The van der Waals surface area contributed by atoms with Gasteiger partial charge >= 0.3 is 0 Å². The van der Waals surface area contributed by atoms with E-state index < -0.39 is 21.4 Å². The zero-order chi connectivity index (χ0) is 23.6. The number of carbonyl (C=O) groups excluding carboxylic acids is 1. The van der Waals surface area contributed by atoms with Crippen molar-refractivity contribution < 1.29 is 13.2 Å². The monoisotopic (exact) mass is 501 g/mol. The lowest BCUT2D eigenvalue weighted by atomic mass is 10.1. The molecule has 4 aromatic rings. The fourth-order valence-corrected chi connectivity index (χ4v) is 6.23. The van der Waals surface area contributed by atoms with E-state index in [0.29, 0.717) is 26.5 Å². The molecule has 7 nitrogen and oxygen atoms in total. The summed E-state index contributed by atoms with van der Waals surface area (Å²) in [6.07, 6.45) is 1.44. The Labute approximate surface area is 199 Å². The molecule has 0 atom stereocenters. The third kappa shape index (κ3) is 5.16. The molecule has 0 unspecified atom stereocenters. The van der Waals surface area contributed by atoms with Gasteiger partial charge in [-0.3, -0.25) is 14.2 Å². The Kier molecular flexibility index (Phi) is 6.64. The predicted molar refractivity (Wildman–Crippen MR) is 132 cm³/mol. The Morgan fingerprint density at radius 2 is 1.88 bits per heavy atom. The van der Waals surface area contributed by atoms with Crippen molar-refractivity contribution in [3.63, 3.8) is 0 Å². The van der Waals surface area contributed by atoms with Crippen molar-refractivity contribution in [3.8, 4) is 5.69 Å². The summed E-state index contributed by atoms with van der Waals surface area (Å²) in [7, 11) is -3.72. The number of ketones is 1. The predicted octanol–water partition coefficient (Wildman–Crippen LogP) is 4.12. The van der Waals surface area contributed by atoms with E-state index in [1.807, 2.05) is 19.1 Å². The number of fused-ring (bicyclic) bond motifs is 1. The number of hydrogen-bond donors (Lipinski definition) is 1. The molecule has 0 aliphatic carbocycles. The van der Waals surface area contributed by atoms with Gasteiger partial charge < -0.3 is 5.32 Å². The molecular formula is C23H20ClN3O4S2. The average Bonchev–Trinajstić information content (AvgIpc) is 3.22. The van der Waals surface area contributed by atoms with Crippen LogP contribution in [0.2, 0.25) is 4.34 Å². The summed E-state index contributed by atoms with van der Waals surface area (Å²) in [5, 5.41) is 3.69. The highest BCUT2D eigenvalue weighted by Crippen LogP contribution is 2.26. The van der Waals surface area contributed by atoms with Gasteiger partial charge in [0.2, 0.25) is 0 Å². The maximum atomic E-state index is 12.9. The van der Waals surface area contributed by atoms with Gasteiger partial charge in [-0.2, -0.15) is 0 Å². The zero-order valence-corrected chi connectivity index (χ0v) is 20.0. The van der Waals surface area contributed by atoms with E-state index in [2.05, 4.69) is 10.3 Å². The summed E-state index contributed by atoms with van der Waals surface area (Å²) >= 11 is 6.73. The summed E-state index contributed by atoms with van der Waals surface area (Å²) in [6.45, 7) is 2.76. The quantitative estimate of drug-likeness (QED) is 0.390. The Hall–Kier alpha value is -3.01. The molecule has 2 aromatic heterocycles. The largest absolute Gasteiger partial charge is 0.385 e. The van der Waals surface area contributed by atoms with Crippen molar-refractivity contribution in [2.24, 2.45) is 0 Å². The van der Waals surface area contributed by atoms with Gasteiger partial charge in [-0.15, -0.1) is 11.3 Å². The van der Waals surface area contributed by atoms with Crippen LogP contribution in [0.15, 0.2) is 69.9 Å². The minimum atomic E-state index is -3.72. The number of nitrogens with zero attached hydrogens (tertiary/aromatic N) is 2. The van der Waals surface area contributed by atoms with Crippen LogP contribution < -0.4 is 10.9 Å². The van der Waals surface area contributed by atoms with Crippen molar-refractivity contribution in [1.29, 1.82) is 0 Å². The molecule has 0 radical (unpaired) electrons. The summed E-state index contributed by atoms with van der Waals surface area (Å²) in [4.78, 5) is 29.7. The third-order valence-electron chi connectivity index (χ3n) is 4.96. The van der Waals surface area contributed by atoms with Gasteiger partial charge in [0.05, 0.1) is 20.9 Å². The molecule has 0 spiro atoms. The molecule has 0 saturated heterocycles. The second kappa shape index (κ2) is 9.46. The van der Waals surface area contributed by atoms with Crippen LogP contribution in [-0.2, 0) is 21.1 Å². The number of carbonyl (C=O) groups is 1. The van der Waals surface area contributed by atoms with E-state index in [9.17, 15) is 18.0 Å². The third-order valence-corrected chi connectivity index (χ3v) is 8.45. The van der Waals surface area contributed by atoms with Gasteiger partial charge in [0.25, 0.3) is 5.56 Å². The smallest absolute Gasteiger partial charge is 0.265 e. The SMILES string of the molecule is CCNc1ccc2c(=O)n(-c3ccc(CC(=O)CS(=O)(=O)c4ccc(Cl)s4)cc3)cnc2c1. The second-order valence-electron chi connectivity index (χ2n) is 7.38. The number of benzene rings is 2. The van der Waals surface area contributed by atoms with Crippen LogP contribution in [0.25, 0.3) is 16.6 Å². The number of halogens is 1. The fraction of sp³-hybridized carbons (Fsp3) is 0.174. The highest BCUT2D eigenvalue weighted by Gasteiger charge is 2.21. The molecule has 0 bridgehead atoms. The number of nitrogens with one attached hydrogen (secondary N) is 1. The summed E-state index contributed by atoms with van der Waals surface area (Å²) in [6, 6.07) is 15.1. The van der Waals surface area contributed by atoms with Crippen molar-refractivity contribution in [3.05, 3.63) is 81.2 Å². The number of hydrogen-bond acceptors (Lipinski definition) is 7. The zero-order valence-electron chi connectivity index (χ0n) is 17.6. The van der Waals surface area contributed by atoms with Crippen LogP contribution in [0.3, 0.4) is 0 Å². The molecule has 0 fully saturated rings. The molecular weight excluding hydrogens is 482 g/mol. The highest BCUT2D eigenvalue weighted by atomic mass is 35.5. The molecule has 2 heterocycles. The van der Waals surface area contributed by atoms with Crippen LogP contribution in [0.1, 0.15) is 12.5 Å². The molecule has 33 heavy (non-hydrogen) atoms. The van der Waals surface area contributed by atoms with E-state index in [-0.39, 0.29) is 16.2 Å². The van der Waals surface area contributed by atoms with Gasteiger partial charge in [0.1, 0.15) is 16.3 Å². The number of rotatable bonds is 8. The standard InChI is InChI=1S/C23H20ClN3O4S2/c1-2-25-16-5-8-19-20(12-16)26-14-27(23(19)29)17-6-3-15(4-7-17)11-18(28)13-33(30,31)22-10-9-21(24)32-22/h3-10,12,14,25H,2,11,13H2,1H3. The van der Waals surface area contributed by atoms with E-state index in [4.69, 9.17) is 11.6 Å². The van der Waals surface area contributed by atoms with E-state index >= 15 is 0 Å². The second-order valence-corrected chi connectivity index (χ2v) is 11.3. The molecule has 1 N–H and O–H groups in total. The summed E-state index contributed by atoms with van der Waals surface area (Å²) < 4.78 is 26.6. The first-order valence-electron chi connectivity index (χ1n) is 10.1. The lowest BCUT2D eigenvalue weighted by Gasteiger charge is -2.09. The van der Waals surface area contributed by atoms with Gasteiger partial charge in [0.15, 0.2) is 15.6 Å². The molecule has 4 rings (SSSR count). The first-order chi connectivity index (χ1) is 15.8. The summed E-state index contributed by atoms with van der Waals surface area (Å²) in [5.41, 5.74) is 2.55. The van der Waals surface area contributed by atoms with Crippen molar-refractivity contribution in [1.82, 2.24) is 9.55 Å². The molecule has 0 aliphatic rings. The Bertz CT molecular complexity index is 1490. The van der Waals surface area contributed by atoms with Gasteiger partial charge in [0, 0.05) is 18.7 Å². The Balaban J connectivity index is 1.50. The molecule has 2 aromatic carbocycles. The van der Waals surface area contributed by atoms with E-state index in [1.54, 1.807) is 30.3 Å². The topological polar surface area (TPSA) is 98.1 Å². The number of thiophene rings is 1. The van der Waals surface area contributed by atoms with Gasteiger partial charge in [-0.25, -0.2) is 13.4 Å². The van der Waals surface area contributed by atoms with Crippen LogP contribution in [-0.4, -0.2) is 36.0 Å². The Morgan fingerprint density at radius 3 is 2.55 bits per heavy atom. The van der Waals surface area contributed by atoms with Crippen LogP contribution in [0, 0.1) is 0 Å². The maximum absolute atomic E-state index is 12.9. The molecule has 0 amide bonds. The lowest BCUT2D eigenvalue weighted by molar-refractivity contribution is -0.116. The van der Waals surface area contributed by atoms with Crippen LogP contribution >= 0.6 is 22.9 Å². The lowest BCUT2D eigenvalue weighted by Crippen LogP contribution is -2.19. The van der Waals surface area contributed by atoms with Crippen LogP contribution in [0.5, 0.6) is 0 Å². The van der Waals surface area contributed by atoms with Crippen LogP contribution in [0.4, 0.5) is 5.69 Å². The Morgan fingerprint density at radius 1 is 1.12 bits per heavy atom. The normalized spacial score (nSPS) is 11.6. The number of anilines is 1. The van der Waals surface area contributed by atoms with E-state index in [1.165, 1.54) is 23.0 Å². The number of aromatic nitrogens is 2. The number of sulfone groups is 1. The van der Waals surface area contributed by atoms with Gasteiger partial charge in [-0.1, -0.05) is 23.7 Å². The number of Topliss-reactive ketones (excluding diaryl/α,β-unsaturated/α-hetero) is 1. The minimum absolute atomic E-state index is 0.0311. The molecule has 10 heteroatoms. The molecule has 0 saturated carbocycles. The fourth-order valence-electron chi connectivity index (χ4n) is 3.42. The average molecular weight is 502 g/mol. The molecule has 0 aliphatic heterocycles. The first kappa shape index (κ1) is 23.2. The first-order valence-corrected chi connectivity index (χ1v) is 13.0. The van der Waals surface area contributed by atoms with E-state index in [0.717, 1.165) is 23.6 Å². The van der Waals surface area contributed by atoms with Gasteiger partial charge in [-0.05, 0) is 55.0 Å². The van der Waals surface area contributed by atoms with Crippen molar-refractivity contribution >= 4 is 55.1 Å².